The van der Waals surface area contributed by atoms with Gasteiger partial charge in [0.2, 0.25) is 5.91 Å². The molecule has 1 amide bonds. The first kappa shape index (κ1) is 20.2. The van der Waals surface area contributed by atoms with E-state index in [2.05, 4.69) is 4.98 Å². The van der Waals surface area contributed by atoms with Crippen molar-refractivity contribution < 1.29 is 19.4 Å². The maximum absolute atomic E-state index is 12.7. The molecule has 1 aliphatic heterocycles. The Morgan fingerprint density at radius 1 is 1.17 bits per heavy atom. The predicted octanol–water partition coefficient (Wildman–Crippen LogP) is 3.22. The van der Waals surface area contributed by atoms with Gasteiger partial charge in [-0.05, 0) is 30.2 Å². The molecule has 1 fully saturated rings. The molecule has 2 atom stereocenters. The van der Waals surface area contributed by atoms with Gasteiger partial charge >= 0.3 is 0 Å². The molecule has 1 saturated heterocycles. The van der Waals surface area contributed by atoms with Crippen molar-refractivity contribution in [3.63, 3.8) is 0 Å². The molecule has 3 aromatic rings. The lowest BCUT2D eigenvalue weighted by molar-refractivity contribution is -0.136. The average Bonchev–Trinajstić information content (AvgIpc) is 2.79. The molecule has 6 nitrogen and oxygen atoms in total. The Morgan fingerprint density at radius 2 is 2.00 bits per heavy atom. The summed E-state index contributed by atoms with van der Waals surface area (Å²) >= 11 is 0. The topological polar surface area (TPSA) is 71.9 Å². The number of aliphatic hydroxyl groups excluding tert-OH is 1. The van der Waals surface area contributed by atoms with E-state index in [1.165, 1.54) is 0 Å². The Balaban J connectivity index is 1.35. The number of hydrogen-bond acceptors (Lipinski definition) is 5. The van der Waals surface area contributed by atoms with Gasteiger partial charge in [-0.2, -0.15) is 0 Å². The summed E-state index contributed by atoms with van der Waals surface area (Å²) < 4.78 is 11.5. The Kier molecular flexibility index (Phi) is 6.14. The number of pyridine rings is 1. The molecule has 30 heavy (non-hydrogen) atoms. The molecule has 156 valence electrons. The highest BCUT2D eigenvalue weighted by atomic mass is 16.5. The van der Waals surface area contributed by atoms with Crippen molar-refractivity contribution in [2.45, 2.75) is 31.5 Å². The lowest BCUT2D eigenvalue weighted by Gasteiger charge is -2.36. The van der Waals surface area contributed by atoms with E-state index >= 15 is 0 Å². The van der Waals surface area contributed by atoms with Crippen LogP contribution in [-0.4, -0.2) is 53.3 Å². The fourth-order valence-electron chi connectivity index (χ4n) is 3.94. The van der Waals surface area contributed by atoms with E-state index in [9.17, 15) is 9.90 Å². The molecule has 2 aromatic carbocycles. The van der Waals surface area contributed by atoms with Gasteiger partial charge in [-0.1, -0.05) is 30.3 Å². The maximum Gasteiger partial charge on any atom is 0.222 e. The molecular weight excluding hydrogens is 380 g/mol. The number of carbonyl (C=O) groups is 1. The van der Waals surface area contributed by atoms with Crippen molar-refractivity contribution >= 4 is 16.7 Å². The average molecular weight is 406 g/mol. The number of aliphatic hydroxyl groups is 1. The summed E-state index contributed by atoms with van der Waals surface area (Å²) in [6.07, 6.45) is 4.03. The van der Waals surface area contributed by atoms with E-state index in [1.807, 2.05) is 48.5 Å². The summed E-state index contributed by atoms with van der Waals surface area (Å²) in [5, 5.41) is 12.6. The van der Waals surface area contributed by atoms with Gasteiger partial charge in [0, 0.05) is 42.6 Å². The number of β-amino-alcohol motifs (C(OH)–C–C–N with tert-alkyl or cyclic N) is 1. The van der Waals surface area contributed by atoms with E-state index in [0.717, 1.165) is 27.8 Å². The van der Waals surface area contributed by atoms with Gasteiger partial charge in [0.05, 0.1) is 13.7 Å². The number of hydrogen-bond donors (Lipinski definition) is 1. The summed E-state index contributed by atoms with van der Waals surface area (Å²) in [7, 11) is 1.63. The normalized spacial score (nSPS) is 18.9. The van der Waals surface area contributed by atoms with Crippen LogP contribution in [0, 0.1) is 0 Å². The standard InChI is InChI=1S/C24H26N2O4/c1-29-21-7-3-2-5-17(21)9-10-24(28)26-14-12-23(20(27)16-26)30-22-8-4-6-18-15-25-13-11-19(18)22/h2-8,11,13,15,20,23,27H,9-10,12,14,16H2,1H3/t20-,23-/m1/s1. The van der Waals surface area contributed by atoms with Gasteiger partial charge in [0.1, 0.15) is 23.7 Å². The Morgan fingerprint density at radius 3 is 2.83 bits per heavy atom. The summed E-state index contributed by atoms with van der Waals surface area (Å²) in [6.45, 7) is 0.848. The zero-order chi connectivity index (χ0) is 20.9. The van der Waals surface area contributed by atoms with E-state index in [4.69, 9.17) is 9.47 Å². The molecule has 0 radical (unpaired) electrons. The molecule has 0 aliphatic carbocycles. The first-order valence-electron chi connectivity index (χ1n) is 10.2. The maximum atomic E-state index is 12.7. The van der Waals surface area contributed by atoms with Crippen LogP contribution in [-0.2, 0) is 11.2 Å². The number of para-hydroxylation sites is 1. The van der Waals surface area contributed by atoms with Crippen molar-refractivity contribution in [1.29, 1.82) is 0 Å². The number of piperidine rings is 1. The minimum Gasteiger partial charge on any atom is -0.496 e. The van der Waals surface area contributed by atoms with E-state index in [0.29, 0.717) is 25.8 Å². The van der Waals surface area contributed by atoms with Gasteiger partial charge in [-0.15, -0.1) is 0 Å². The van der Waals surface area contributed by atoms with E-state index in [1.54, 1.807) is 24.4 Å². The van der Waals surface area contributed by atoms with Gasteiger partial charge in [0.25, 0.3) is 0 Å². The van der Waals surface area contributed by atoms with Gasteiger partial charge in [0.15, 0.2) is 0 Å². The van der Waals surface area contributed by atoms with Crippen LogP contribution in [0.4, 0.5) is 0 Å². The van der Waals surface area contributed by atoms with Gasteiger partial charge in [-0.25, -0.2) is 0 Å². The zero-order valence-corrected chi connectivity index (χ0v) is 17.0. The quantitative estimate of drug-likeness (QED) is 0.681. The second-order valence-corrected chi connectivity index (χ2v) is 7.52. The molecule has 1 aliphatic rings. The lowest BCUT2D eigenvalue weighted by atomic mass is 10.0. The summed E-state index contributed by atoms with van der Waals surface area (Å²) in [4.78, 5) is 18.6. The molecule has 1 aromatic heterocycles. The van der Waals surface area contributed by atoms with E-state index < -0.39 is 6.10 Å². The summed E-state index contributed by atoms with van der Waals surface area (Å²) in [6, 6.07) is 15.4. The largest absolute Gasteiger partial charge is 0.496 e. The highest BCUT2D eigenvalue weighted by Gasteiger charge is 2.31. The molecule has 6 heteroatoms. The van der Waals surface area contributed by atoms with Gasteiger partial charge in [-0.3, -0.25) is 9.78 Å². The Hall–Kier alpha value is -3.12. The Bertz CT molecular complexity index is 1020. The summed E-state index contributed by atoms with van der Waals surface area (Å²) in [5.74, 6) is 1.56. The SMILES string of the molecule is COc1ccccc1CCC(=O)N1CC[C@@H](Oc2cccc3cnccc23)[C@H](O)C1. The predicted molar refractivity (Wildman–Crippen MR) is 115 cm³/mol. The molecular formula is C24H26N2O4. The third-order valence-corrected chi connectivity index (χ3v) is 5.59. The van der Waals surface area contributed by atoms with Gasteiger partial charge < -0.3 is 19.5 Å². The Labute approximate surface area is 176 Å². The van der Waals surface area contributed by atoms with Crippen LogP contribution in [0.2, 0.25) is 0 Å². The van der Waals surface area contributed by atoms with Crippen molar-refractivity contribution in [2.75, 3.05) is 20.2 Å². The molecule has 0 spiro atoms. The zero-order valence-electron chi connectivity index (χ0n) is 17.0. The fraction of sp³-hybridized carbons (Fsp3) is 0.333. The minimum atomic E-state index is -0.731. The molecule has 4 rings (SSSR count). The molecule has 1 N–H and O–H groups in total. The van der Waals surface area contributed by atoms with E-state index in [-0.39, 0.29) is 18.6 Å². The number of likely N-dealkylation sites (tertiary alicyclic amines) is 1. The van der Waals surface area contributed by atoms with Crippen LogP contribution >= 0.6 is 0 Å². The number of carbonyl (C=O) groups excluding carboxylic acids is 1. The number of rotatable bonds is 6. The summed E-state index contributed by atoms with van der Waals surface area (Å²) in [5.41, 5.74) is 1.01. The van der Waals surface area contributed by atoms with Crippen molar-refractivity contribution in [3.8, 4) is 11.5 Å². The van der Waals surface area contributed by atoms with Crippen molar-refractivity contribution in [3.05, 3.63) is 66.5 Å². The molecule has 0 saturated carbocycles. The molecule has 0 bridgehead atoms. The second kappa shape index (κ2) is 9.13. The number of aromatic nitrogens is 1. The number of benzene rings is 2. The highest BCUT2D eigenvalue weighted by molar-refractivity contribution is 5.87. The van der Waals surface area contributed by atoms with Crippen LogP contribution in [0.3, 0.4) is 0 Å². The molecule has 0 unspecified atom stereocenters. The van der Waals surface area contributed by atoms with Crippen LogP contribution < -0.4 is 9.47 Å². The number of nitrogens with zero attached hydrogens (tertiary/aromatic N) is 2. The van der Waals surface area contributed by atoms with Crippen LogP contribution in [0.25, 0.3) is 10.8 Å². The molecule has 2 heterocycles. The number of fused-ring (bicyclic) bond motifs is 1. The first-order chi connectivity index (χ1) is 14.7. The highest BCUT2D eigenvalue weighted by Crippen LogP contribution is 2.28. The second-order valence-electron chi connectivity index (χ2n) is 7.52. The lowest BCUT2D eigenvalue weighted by Crippen LogP contribution is -2.51. The first-order valence-corrected chi connectivity index (χ1v) is 10.2. The smallest absolute Gasteiger partial charge is 0.222 e. The van der Waals surface area contributed by atoms with Crippen LogP contribution in [0.15, 0.2) is 60.9 Å². The third-order valence-electron chi connectivity index (χ3n) is 5.59. The van der Waals surface area contributed by atoms with Crippen molar-refractivity contribution in [2.24, 2.45) is 0 Å². The van der Waals surface area contributed by atoms with Crippen LogP contribution in [0.1, 0.15) is 18.4 Å². The van der Waals surface area contributed by atoms with Crippen LogP contribution in [0.5, 0.6) is 11.5 Å². The van der Waals surface area contributed by atoms with Crippen molar-refractivity contribution in [1.82, 2.24) is 9.88 Å². The monoisotopic (exact) mass is 406 g/mol. The third kappa shape index (κ3) is 4.39. The number of aryl methyl sites for hydroxylation is 1. The minimum absolute atomic E-state index is 0.0367. The number of amides is 1. The fourth-order valence-corrected chi connectivity index (χ4v) is 3.94. The number of ether oxygens (including phenoxy) is 2. The number of methoxy groups -OCH3 is 1.